The van der Waals surface area contributed by atoms with Gasteiger partial charge in [0.1, 0.15) is 13.2 Å². The van der Waals surface area contributed by atoms with Gasteiger partial charge >= 0.3 is 17.9 Å². The molecule has 6 heteroatoms. The van der Waals surface area contributed by atoms with E-state index in [0.29, 0.717) is 19.3 Å². The molecule has 0 bridgehead atoms. The van der Waals surface area contributed by atoms with E-state index in [1.54, 1.807) is 0 Å². The summed E-state index contributed by atoms with van der Waals surface area (Å²) in [7, 11) is 0. The number of ether oxygens (including phenoxy) is 3. The molecule has 1 atom stereocenters. The molecule has 0 saturated carbocycles. The van der Waals surface area contributed by atoms with E-state index in [2.05, 4.69) is 93.7 Å². The summed E-state index contributed by atoms with van der Waals surface area (Å²) in [6.45, 7) is 6.26. The second-order valence-electron chi connectivity index (χ2n) is 16.8. The standard InChI is InChI=1S/C61H94O6/c1-4-7-10-13-16-19-22-24-26-28-30-32-34-36-39-42-45-48-51-54-60(63)66-57-58(56-65-59(62)53-50-47-44-41-38-21-18-15-12-9-6-3)67-61(64)55-52-49-46-43-40-37-35-33-31-29-27-25-23-20-17-14-11-8-5-2/h7-8,10-11,13,15-20,22,24-28,30-34,36,39,58H,4-6,9,12,14,21,23,29,35,37-38,40-57H2,1-3H3/b10-7-,11-8-,16-13-,18-15-,20-17-,22-19-,26-24-,27-25-,30-28+,33-31-,34-32-,39-36-. The number of esters is 3. The third-order valence-electron chi connectivity index (χ3n) is 10.5. The van der Waals surface area contributed by atoms with Crippen LogP contribution in [0.15, 0.2) is 146 Å². The minimum absolute atomic E-state index is 0.110. The molecule has 0 aliphatic heterocycles. The van der Waals surface area contributed by atoms with Crippen LogP contribution in [0, 0.1) is 0 Å². The van der Waals surface area contributed by atoms with E-state index >= 15 is 0 Å². The summed E-state index contributed by atoms with van der Waals surface area (Å²) in [4.78, 5) is 38.0. The maximum atomic E-state index is 12.8. The highest BCUT2D eigenvalue weighted by Gasteiger charge is 2.19. The Kier molecular flexibility index (Phi) is 50.1. The first kappa shape index (κ1) is 62.3. The summed E-state index contributed by atoms with van der Waals surface area (Å²) in [6, 6.07) is 0. The van der Waals surface area contributed by atoms with Gasteiger partial charge in [0.25, 0.3) is 0 Å². The Labute approximate surface area is 410 Å². The van der Waals surface area contributed by atoms with Gasteiger partial charge in [-0.15, -0.1) is 0 Å². The minimum Gasteiger partial charge on any atom is -0.462 e. The van der Waals surface area contributed by atoms with Gasteiger partial charge in [-0.3, -0.25) is 14.4 Å². The summed E-state index contributed by atoms with van der Waals surface area (Å²) >= 11 is 0. The van der Waals surface area contributed by atoms with Gasteiger partial charge in [-0.1, -0.05) is 231 Å². The van der Waals surface area contributed by atoms with Crippen LogP contribution in [0.5, 0.6) is 0 Å². The zero-order valence-corrected chi connectivity index (χ0v) is 42.6. The highest BCUT2D eigenvalue weighted by Crippen LogP contribution is 2.13. The lowest BCUT2D eigenvalue weighted by molar-refractivity contribution is -0.167. The van der Waals surface area contributed by atoms with Crippen LogP contribution >= 0.6 is 0 Å². The topological polar surface area (TPSA) is 78.9 Å². The second-order valence-corrected chi connectivity index (χ2v) is 16.8. The Balaban J connectivity index is 4.53. The average Bonchev–Trinajstić information content (AvgIpc) is 3.33. The molecule has 0 aliphatic rings. The third kappa shape index (κ3) is 52.1. The van der Waals surface area contributed by atoms with Crippen molar-refractivity contribution >= 4 is 17.9 Å². The van der Waals surface area contributed by atoms with Gasteiger partial charge in [-0.25, -0.2) is 0 Å². The summed E-state index contributed by atoms with van der Waals surface area (Å²) in [5.41, 5.74) is 0. The molecule has 0 rings (SSSR count). The minimum atomic E-state index is -0.814. The molecule has 0 aromatic rings. The Bertz CT molecular complexity index is 1530. The van der Waals surface area contributed by atoms with Crippen molar-refractivity contribution in [1.82, 2.24) is 0 Å². The Morgan fingerprint density at radius 3 is 1.12 bits per heavy atom. The fourth-order valence-corrected chi connectivity index (χ4v) is 6.57. The molecular formula is C61H94O6. The van der Waals surface area contributed by atoms with Crippen LogP contribution in [0.3, 0.4) is 0 Å². The van der Waals surface area contributed by atoms with Crippen LogP contribution in [0.25, 0.3) is 0 Å². The first-order chi connectivity index (χ1) is 33.0. The number of carbonyl (C=O) groups is 3. The molecule has 0 spiro atoms. The van der Waals surface area contributed by atoms with Gasteiger partial charge < -0.3 is 14.2 Å². The number of allylic oxidation sites excluding steroid dienone is 24. The Hall–Kier alpha value is -4.71. The maximum Gasteiger partial charge on any atom is 0.306 e. The number of hydrogen-bond acceptors (Lipinski definition) is 6. The second kappa shape index (κ2) is 53.9. The quantitative estimate of drug-likeness (QED) is 0.0199. The number of unbranched alkanes of at least 4 members (excludes halogenated alkanes) is 16. The summed E-state index contributed by atoms with van der Waals surface area (Å²) in [6.07, 6.45) is 76.8. The van der Waals surface area contributed by atoms with E-state index in [4.69, 9.17) is 14.2 Å². The van der Waals surface area contributed by atoms with Crippen LogP contribution in [0.4, 0.5) is 0 Å². The van der Waals surface area contributed by atoms with E-state index in [0.717, 1.165) is 122 Å². The van der Waals surface area contributed by atoms with Gasteiger partial charge in [-0.05, 0) is 96.3 Å². The first-order valence-electron chi connectivity index (χ1n) is 26.4. The maximum absolute atomic E-state index is 12.8. The normalized spacial score (nSPS) is 13.3. The lowest BCUT2D eigenvalue weighted by atomic mass is 10.1. The fourth-order valence-electron chi connectivity index (χ4n) is 6.57. The average molecular weight is 923 g/mol. The molecule has 0 aromatic heterocycles. The Morgan fingerprint density at radius 2 is 0.657 bits per heavy atom. The predicted molar refractivity (Wildman–Crippen MR) is 288 cm³/mol. The molecule has 0 amide bonds. The van der Waals surface area contributed by atoms with E-state index in [1.807, 2.05) is 72.9 Å². The van der Waals surface area contributed by atoms with Gasteiger partial charge in [0.15, 0.2) is 6.10 Å². The predicted octanol–water partition coefficient (Wildman–Crippen LogP) is 17.6. The zero-order valence-electron chi connectivity index (χ0n) is 42.6. The number of carbonyl (C=O) groups excluding carboxylic acids is 3. The first-order valence-corrected chi connectivity index (χ1v) is 26.4. The molecule has 0 saturated heterocycles. The molecule has 0 N–H and O–H groups in total. The van der Waals surface area contributed by atoms with Crippen LogP contribution in [0.2, 0.25) is 0 Å². The van der Waals surface area contributed by atoms with Crippen LogP contribution in [0.1, 0.15) is 201 Å². The molecule has 0 fully saturated rings. The molecule has 0 aromatic carbocycles. The molecule has 374 valence electrons. The van der Waals surface area contributed by atoms with Crippen molar-refractivity contribution in [2.24, 2.45) is 0 Å². The zero-order chi connectivity index (χ0) is 48.6. The van der Waals surface area contributed by atoms with Crippen molar-refractivity contribution in [2.75, 3.05) is 13.2 Å². The molecule has 6 nitrogen and oxygen atoms in total. The Morgan fingerprint density at radius 1 is 0.328 bits per heavy atom. The van der Waals surface area contributed by atoms with Gasteiger partial charge in [0, 0.05) is 19.3 Å². The number of rotatable bonds is 45. The summed E-state index contributed by atoms with van der Waals surface area (Å²) in [5.74, 6) is -0.990. The highest BCUT2D eigenvalue weighted by atomic mass is 16.6. The van der Waals surface area contributed by atoms with Crippen molar-refractivity contribution in [3.8, 4) is 0 Å². The smallest absolute Gasteiger partial charge is 0.306 e. The van der Waals surface area contributed by atoms with E-state index < -0.39 is 6.10 Å². The molecule has 0 aliphatic carbocycles. The van der Waals surface area contributed by atoms with E-state index in [1.165, 1.54) is 38.5 Å². The molecule has 0 heterocycles. The van der Waals surface area contributed by atoms with Crippen molar-refractivity contribution in [3.05, 3.63) is 146 Å². The lowest BCUT2D eigenvalue weighted by Crippen LogP contribution is -2.30. The fraction of sp³-hybridized carbons (Fsp3) is 0.557. The molecular weight excluding hydrogens is 829 g/mol. The summed E-state index contributed by atoms with van der Waals surface area (Å²) < 4.78 is 16.7. The highest BCUT2D eigenvalue weighted by molar-refractivity contribution is 5.71. The van der Waals surface area contributed by atoms with Crippen LogP contribution in [-0.2, 0) is 28.6 Å². The molecule has 67 heavy (non-hydrogen) atoms. The van der Waals surface area contributed by atoms with E-state index in [9.17, 15) is 14.4 Å². The molecule has 0 radical (unpaired) electrons. The monoisotopic (exact) mass is 923 g/mol. The third-order valence-corrected chi connectivity index (χ3v) is 10.5. The van der Waals surface area contributed by atoms with Gasteiger partial charge in [-0.2, -0.15) is 0 Å². The largest absolute Gasteiger partial charge is 0.462 e. The summed E-state index contributed by atoms with van der Waals surface area (Å²) in [5, 5.41) is 0. The SMILES string of the molecule is CC\C=C/C=C\C=C/C=C\C=C\C=C/C=C\CCCCCC(=O)OCC(COC(=O)CCCCCCC/C=C\CCCC)OC(=O)CCCCCCCC/C=C\C/C=C\C/C=C\C/C=C\CC. The van der Waals surface area contributed by atoms with Crippen molar-refractivity contribution in [2.45, 2.75) is 207 Å². The van der Waals surface area contributed by atoms with Crippen molar-refractivity contribution in [1.29, 1.82) is 0 Å². The van der Waals surface area contributed by atoms with E-state index in [-0.39, 0.29) is 31.1 Å². The van der Waals surface area contributed by atoms with Crippen molar-refractivity contribution in [3.63, 3.8) is 0 Å². The van der Waals surface area contributed by atoms with Crippen LogP contribution < -0.4 is 0 Å². The number of hydrogen-bond donors (Lipinski definition) is 0. The van der Waals surface area contributed by atoms with Crippen molar-refractivity contribution < 1.29 is 28.6 Å². The molecule has 1 unspecified atom stereocenters. The van der Waals surface area contributed by atoms with Gasteiger partial charge in [0.05, 0.1) is 0 Å². The lowest BCUT2D eigenvalue weighted by Gasteiger charge is -2.18. The van der Waals surface area contributed by atoms with Crippen LogP contribution in [-0.4, -0.2) is 37.2 Å². The van der Waals surface area contributed by atoms with Gasteiger partial charge in [0.2, 0.25) is 0 Å².